The van der Waals surface area contributed by atoms with Gasteiger partial charge in [0.1, 0.15) is 17.3 Å². The third-order valence-electron chi connectivity index (χ3n) is 5.96. The van der Waals surface area contributed by atoms with Gasteiger partial charge in [0.2, 0.25) is 0 Å². The highest BCUT2D eigenvalue weighted by molar-refractivity contribution is 5.95. The van der Waals surface area contributed by atoms with Gasteiger partial charge >= 0.3 is 0 Å². The summed E-state index contributed by atoms with van der Waals surface area (Å²) in [4.78, 5) is 17.3. The van der Waals surface area contributed by atoms with Crippen molar-refractivity contribution in [3.8, 4) is 11.5 Å². The van der Waals surface area contributed by atoms with Gasteiger partial charge in [0, 0.05) is 37.8 Å². The topological polar surface area (TPSA) is 32.8 Å². The minimum Gasteiger partial charge on any atom is -0.457 e. The Morgan fingerprint density at radius 1 is 0.900 bits per heavy atom. The Balaban J connectivity index is 1.20. The van der Waals surface area contributed by atoms with Crippen LogP contribution in [0.5, 0.6) is 11.5 Å². The van der Waals surface area contributed by atoms with E-state index in [1.807, 2.05) is 17.0 Å². The first-order chi connectivity index (χ1) is 14.7. The van der Waals surface area contributed by atoms with Crippen molar-refractivity contribution in [3.05, 3.63) is 95.3 Å². The summed E-state index contributed by atoms with van der Waals surface area (Å²) in [5.74, 6) is 0.816. The molecule has 0 aromatic heterocycles. The van der Waals surface area contributed by atoms with Crippen molar-refractivity contribution in [2.75, 3.05) is 19.6 Å². The molecule has 5 rings (SSSR count). The second-order valence-corrected chi connectivity index (χ2v) is 7.94. The lowest BCUT2D eigenvalue weighted by atomic mass is 9.96. The SMILES string of the molecule is O=C(c1cccc(Oc2ccc(F)cc2)c1)N1CC(N2CCc3ccccc3C2)C1. The molecule has 0 unspecified atom stereocenters. The van der Waals surface area contributed by atoms with Crippen LogP contribution in [0.25, 0.3) is 0 Å². The first kappa shape index (κ1) is 18.8. The molecular weight excluding hydrogens is 379 g/mol. The normalized spacial score (nSPS) is 16.6. The smallest absolute Gasteiger partial charge is 0.254 e. The van der Waals surface area contributed by atoms with Crippen LogP contribution in [0.4, 0.5) is 4.39 Å². The van der Waals surface area contributed by atoms with Gasteiger partial charge < -0.3 is 9.64 Å². The first-order valence-electron chi connectivity index (χ1n) is 10.3. The number of nitrogens with zero attached hydrogens (tertiary/aromatic N) is 2. The predicted octanol–water partition coefficient (Wildman–Crippen LogP) is 4.50. The molecule has 0 aliphatic carbocycles. The zero-order valence-electron chi connectivity index (χ0n) is 16.6. The monoisotopic (exact) mass is 402 g/mol. The second-order valence-electron chi connectivity index (χ2n) is 7.94. The summed E-state index contributed by atoms with van der Waals surface area (Å²) in [7, 11) is 0. The second kappa shape index (κ2) is 7.92. The highest BCUT2D eigenvalue weighted by Gasteiger charge is 2.36. The Hall–Kier alpha value is -3.18. The Kier molecular flexibility index (Phi) is 4.97. The van der Waals surface area contributed by atoms with E-state index in [9.17, 15) is 9.18 Å². The quantitative estimate of drug-likeness (QED) is 0.644. The summed E-state index contributed by atoms with van der Waals surface area (Å²) in [6, 6.07) is 22.0. The van der Waals surface area contributed by atoms with E-state index in [1.54, 1.807) is 24.3 Å². The van der Waals surface area contributed by atoms with E-state index >= 15 is 0 Å². The zero-order valence-corrected chi connectivity index (χ0v) is 16.6. The maximum atomic E-state index is 13.1. The van der Waals surface area contributed by atoms with Crippen molar-refractivity contribution < 1.29 is 13.9 Å². The van der Waals surface area contributed by atoms with Crippen LogP contribution >= 0.6 is 0 Å². The average molecular weight is 402 g/mol. The molecule has 2 aliphatic rings. The van der Waals surface area contributed by atoms with E-state index in [1.165, 1.54) is 23.3 Å². The Morgan fingerprint density at radius 3 is 2.47 bits per heavy atom. The standard InChI is InChI=1S/C25H23FN2O2/c26-21-8-10-23(11-9-21)30-24-7-3-6-19(14-24)25(29)28-16-22(17-28)27-13-12-18-4-1-2-5-20(18)15-27/h1-11,14,22H,12-13,15-17H2. The molecule has 0 N–H and O–H groups in total. The summed E-state index contributed by atoms with van der Waals surface area (Å²) in [5, 5.41) is 0. The van der Waals surface area contributed by atoms with E-state index in [0.29, 0.717) is 23.1 Å². The van der Waals surface area contributed by atoms with Gasteiger partial charge in [0.05, 0.1) is 0 Å². The van der Waals surface area contributed by atoms with Gasteiger partial charge in [-0.05, 0) is 60.0 Å². The molecule has 1 fully saturated rings. The molecule has 2 heterocycles. The van der Waals surface area contributed by atoms with Gasteiger partial charge in [-0.3, -0.25) is 9.69 Å². The Labute approximate surface area is 175 Å². The van der Waals surface area contributed by atoms with Crippen molar-refractivity contribution in [2.45, 2.75) is 19.0 Å². The number of rotatable bonds is 4. The number of carbonyl (C=O) groups is 1. The lowest BCUT2D eigenvalue weighted by Crippen LogP contribution is -2.61. The minimum absolute atomic E-state index is 0.0215. The highest BCUT2D eigenvalue weighted by Crippen LogP contribution is 2.27. The molecule has 1 amide bonds. The molecule has 30 heavy (non-hydrogen) atoms. The molecule has 0 atom stereocenters. The van der Waals surface area contributed by atoms with Gasteiger partial charge in [-0.25, -0.2) is 4.39 Å². The van der Waals surface area contributed by atoms with Gasteiger partial charge in [0.15, 0.2) is 0 Å². The van der Waals surface area contributed by atoms with Crippen molar-refractivity contribution in [1.82, 2.24) is 9.80 Å². The van der Waals surface area contributed by atoms with Crippen LogP contribution in [-0.2, 0) is 13.0 Å². The van der Waals surface area contributed by atoms with Crippen LogP contribution in [0.3, 0.4) is 0 Å². The van der Waals surface area contributed by atoms with Crippen molar-refractivity contribution >= 4 is 5.91 Å². The summed E-state index contributed by atoms with van der Waals surface area (Å²) >= 11 is 0. The molecule has 152 valence electrons. The summed E-state index contributed by atoms with van der Waals surface area (Å²) in [5.41, 5.74) is 3.45. The Bertz CT molecular complexity index is 1060. The van der Waals surface area contributed by atoms with Crippen molar-refractivity contribution in [1.29, 1.82) is 0 Å². The van der Waals surface area contributed by atoms with Gasteiger partial charge in [0.25, 0.3) is 5.91 Å². The third kappa shape index (κ3) is 3.81. The summed E-state index contributed by atoms with van der Waals surface area (Å²) in [6.45, 7) is 3.52. The largest absolute Gasteiger partial charge is 0.457 e. The van der Waals surface area contributed by atoms with Crippen LogP contribution in [-0.4, -0.2) is 41.4 Å². The molecule has 2 aliphatic heterocycles. The van der Waals surface area contributed by atoms with Crippen LogP contribution in [0.15, 0.2) is 72.8 Å². The van der Waals surface area contributed by atoms with Crippen LogP contribution in [0, 0.1) is 5.82 Å². The molecule has 3 aromatic rings. The van der Waals surface area contributed by atoms with E-state index in [4.69, 9.17) is 4.74 Å². The van der Waals surface area contributed by atoms with E-state index in [-0.39, 0.29) is 11.7 Å². The lowest BCUT2D eigenvalue weighted by molar-refractivity contribution is 0.0218. The van der Waals surface area contributed by atoms with Crippen molar-refractivity contribution in [2.24, 2.45) is 0 Å². The van der Waals surface area contributed by atoms with Crippen molar-refractivity contribution in [3.63, 3.8) is 0 Å². The summed E-state index contributed by atoms with van der Waals surface area (Å²) in [6.07, 6.45) is 1.07. The Morgan fingerprint density at radius 2 is 1.67 bits per heavy atom. The maximum Gasteiger partial charge on any atom is 0.254 e. The van der Waals surface area contributed by atoms with E-state index < -0.39 is 0 Å². The molecule has 0 saturated carbocycles. The molecule has 1 saturated heterocycles. The maximum absolute atomic E-state index is 13.1. The fourth-order valence-corrected chi connectivity index (χ4v) is 4.20. The first-order valence-corrected chi connectivity index (χ1v) is 10.3. The number of ether oxygens (including phenoxy) is 1. The molecule has 0 bridgehead atoms. The number of likely N-dealkylation sites (tertiary alicyclic amines) is 1. The number of amides is 1. The highest BCUT2D eigenvalue weighted by atomic mass is 19.1. The van der Waals surface area contributed by atoms with Gasteiger partial charge in [-0.1, -0.05) is 30.3 Å². The number of carbonyl (C=O) groups excluding carboxylic acids is 1. The lowest BCUT2D eigenvalue weighted by Gasteiger charge is -2.47. The number of hydrogen-bond donors (Lipinski definition) is 0. The number of halogens is 1. The molecule has 3 aromatic carbocycles. The molecule has 5 heteroatoms. The fraction of sp³-hybridized carbons (Fsp3) is 0.240. The van der Waals surface area contributed by atoms with Gasteiger partial charge in [-0.2, -0.15) is 0 Å². The van der Waals surface area contributed by atoms with Crippen LogP contribution in [0.1, 0.15) is 21.5 Å². The third-order valence-corrected chi connectivity index (χ3v) is 5.96. The van der Waals surface area contributed by atoms with Crippen LogP contribution in [0.2, 0.25) is 0 Å². The van der Waals surface area contributed by atoms with Gasteiger partial charge in [-0.15, -0.1) is 0 Å². The molecule has 4 nitrogen and oxygen atoms in total. The zero-order chi connectivity index (χ0) is 20.5. The van der Waals surface area contributed by atoms with E-state index in [0.717, 1.165) is 32.6 Å². The number of hydrogen-bond acceptors (Lipinski definition) is 3. The van der Waals surface area contributed by atoms with Crippen LogP contribution < -0.4 is 4.74 Å². The number of benzene rings is 3. The fourth-order valence-electron chi connectivity index (χ4n) is 4.20. The molecule has 0 spiro atoms. The molecular formula is C25H23FN2O2. The average Bonchev–Trinajstić information content (AvgIpc) is 2.74. The van der Waals surface area contributed by atoms with E-state index in [2.05, 4.69) is 29.2 Å². The summed E-state index contributed by atoms with van der Waals surface area (Å²) < 4.78 is 18.8. The predicted molar refractivity (Wildman–Crippen MR) is 113 cm³/mol. The molecule has 0 radical (unpaired) electrons. The number of fused-ring (bicyclic) bond motifs is 1. The minimum atomic E-state index is -0.309.